The Morgan fingerprint density at radius 1 is 1.40 bits per heavy atom. The van der Waals surface area contributed by atoms with Crippen LogP contribution in [0.1, 0.15) is 26.2 Å². The maximum atomic E-state index is 11.3. The first-order valence-electron chi connectivity index (χ1n) is 5.26. The standard InChI is InChI=1S/C11H21N3O/c1-10(7-8-12)14(4)9-5-6-11(15)13(2)3/h10H,5-7,9H2,1-4H3. The maximum Gasteiger partial charge on any atom is 0.222 e. The number of nitriles is 1. The van der Waals surface area contributed by atoms with E-state index in [-0.39, 0.29) is 11.9 Å². The first kappa shape index (κ1) is 13.9. The van der Waals surface area contributed by atoms with Gasteiger partial charge in [-0.1, -0.05) is 0 Å². The second kappa shape index (κ2) is 7.24. The summed E-state index contributed by atoms with van der Waals surface area (Å²) in [6.45, 7) is 2.89. The highest BCUT2D eigenvalue weighted by Crippen LogP contribution is 2.03. The summed E-state index contributed by atoms with van der Waals surface area (Å²) in [6.07, 6.45) is 1.97. The molecule has 0 saturated carbocycles. The fraction of sp³-hybridized carbons (Fsp3) is 0.818. The van der Waals surface area contributed by atoms with Gasteiger partial charge in [-0.3, -0.25) is 4.79 Å². The molecule has 0 bridgehead atoms. The predicted molar refractivity (Wildman–Crippen MR) is 60.3 cm³/mol. The van der Waals surface area contributed by atoms with Gasteiger partial charge in [0.2, 0.25) is 5.91 Å². The smallest absolute Gasteiger partial charge is 0.222 e. The van der Waals surface area contributed by atoms with Crippen LogP contribution in [0, 0.1) is 11.3 Å². The lowest BCUT2D eigenvalue weighted by molar-refractivity contribution is -0.128. The molecule has 0 aliphatic heterocycles. The fourth-order valence-corrected chi connectivity index (χ4v) is 1.21. The molecule has 0 heterocycles. The summed E-state index contributed by atoms with van der Waals surface area (Å²) in [7, 11) is 5.52. The monoisotopic (exact) mass is 211 g/mol. The van der Waals surface area contributed by atoms with Crippen LogP contribution >= 0.6 is 0 Å². The van der Waals surface area contributed by atoms with Crippen LogP contribution in [0.5, 0.6) is 0 Å². The van der Waals surface area contributed by atoms with Gasteiger partial charge in [-0.25, -0.2) is 0 Å². The van der Waals surface area contributed by atoms with Crippen LogP contribution in [0.15, 0.2) is 0 Å². The minimum atomic E-state index is 0.163. The van der Waals surface area contributed by atoms with E-state index < -0.39 is 0 Å². The van der Waals surface area contributed by atoms with E-state index in [1.807, 2.05) is 14.0 Å². The van der Waals surface area contributed by atoms with Gasteiger partial charge in [0.05, 0.1) is 12.5 Å². The van der Waals surface area contributed by atoms with Crippen molar-refractivity contribution in [2.75, 3.05) is 27.7 Å². The fourth-order valence-electron chi connectivity index (χ4n) is 1.21. The Kier molecular flexibility index (Phi) is 6.72. The molecule has 0 aromatic rings. The summed E-state index contributed by atoms with van der Waals surface area (Å²) in [6, 6.07) is 2.42. The minimum Gasteiger partial charge on any atom is -0.349 e. The Labute approximate surface area is 92.5 Å². The lowest BCUT2D eigenvalue weighted by Crippen LogP contribution is -2.30. The van der Waals surface area contributed by atoms with Crippen LogP contribution < -0.4 is 0 Å². The molecule has 0 radical (unpaired) electrons. The van der Waals surface area contributed by atoms with Gasteiger partial charge in [0, 0.05) is 26.6 Å². The van der Waals surface area contributed by atoms with E-state index in [1.54, 1.807) is 19.0 Å². The summed E-state index contributed by atoms with van der Waals surface area (Å²) >= 11 is 0. The summed E-state index contributed by atoms with van der Waals surface area (Å²) in [5.74, 6) is 0.163. The molecule has 0 aromatic heterocycles. The molecule has 15 heavy (non-hydrogen) atoms. The van der Waals surface area contributed by atoms with Gasteiger partial charge in [-0.2, -0.15) is 5.26 Å². The Balaban J connectivity index is 3.68. The van der Waals surface area contributed by atoms with Gasteiger partial charge in [-0.15, -0.1) is 0 Å². The number of amides is 1. The molecule has 0 aliphatic carbocycles. The average molecular weight is 211 g/mol. The van der Waals surface area contributed by atoms with Crippen molar-refractivity contribution in [2.45, 2.75) is 32.2 Å². The van der Waals surface area contributed by atoms with Crippen molar-refractivity contribution in [3.63, 3.8) is 0 Å². The van der Waals surface area contributed by atoms with E-state index >= 15 is 0 Å². The number of carbonyl (C=O) groups is 1. The number of carbonyl (C=O) groups excluding carboxylic acids is 1. The molecular weight excluding hydrogens is 190 g/mol. The third kappa shape index (κ3) is 6.08. The van der Waals surface area contributed by atoms with Crippen LogP contribution in [0.25, 0.3) is 0 Å². The molecule has 0 aliphatic rings. The molecule has 4 nitrogen and oxygen atoms in total. The SMILES string of the molecule is CC(CC#N)N(C)CCCC(=O)N(C)C. The molecule has 1 atom stereocenters. The number of hydrogen-bond donors (Lipinski definition) is 0. The molecule has 1 unspecified atom stereocenters. The molecule has 0 aromatic carbocycles. The van der Waals surface area contributed by atoms with E-state index in [0.29, 0.717) is 12.8 Å². The van der Waals surface area contributed by atoms with E-state index in [9.17, 15) is 4.79 Å². The molecular formula is C11H21N3O. The van der Waals surface area contributed by atoms with Gasteiger partial charge in [0.25, 0.3) is 0 Å². The summed E-state index contributed by atoms with van der Waals surface area (Å²) in [5, 5.41) is 8.53. The van der Waals surface area contributed by atoms with Gasteiger partial charge < -0.3 is 9.80 Å². The lowest BCUT2D eigenvalue weighted by Gasteiger charge is -2.22. The van der Waals surface area contributed by atoms with E-state index in [2.05, 4.69) is 11.0 Å². The zero-order valence-electron chi connectivity index (χ0n) is 10.2. The van der Waals surface area contributed by atoms with Gasteiger partial charge in [-0.05, 0) is 26.9 Å². The van der Waals surface area contributed by atoms with Crippen LogP contribution in [0.3, 0.4) is 0 Å². The molecule has 1 amide bonds. The molecule has 0 rings (SSSR count). The third-order valence-electron chi connectivity index (χ3n) is 2.54. The Morgan fingerprint density at radius 3 is 2.47 bits per heavy atom. The molecule has 0 saturated heterocycles. The van der Waals surface area contributed by atoms with Crippen molar-refractivity contribution in [1.29, 1.82) is 5.26 Å². The topological polar surface area (TPSA) is 47.3 Å². The van der Waals surface area contributed by atoms with Gasteiger partial charge in [0.15, 0.2) is 0 Å². The zero-order chi connectivity index (χ0) is 11.8. The molecule has 0 fully saturated rings. The van der Waals surface area contributed by atoms with Crippen molar-refractivity contribution < 1.29 is 4.79 Å². The highest BCUT2D eigenvalue weighted by atomic mass is 16.2. The number of rotatable bonds is 6. The normalized spacial score (nSPS) is 12.3. The molecule has 0 N–H and O–H groups in total. The lowest BCUT2D eigenvalue weighted by atomic mass is 10.2. The Bertz CT molecular complexity index is 232. The maximum absolute atomic E-state index is 11.3. The van der Waals surface area contributed by atoms with Crippen molar-refractivity contribution in [3.05, 3.63) is 0 Å². The Morgan fingerprint density at radius 2 is 2.00 bits per heavy atom. The van der Waals surface area contributed by atoms with Crippen molar-refractivity contribution in [1.82, 2.24) is 9.80 Å². The van der Waals surface area contributed by atoms with Crippen LogP contribution in [0.2, 0.25) is 0 Å². The van der Waals surface area contributed by atoms with Gasteiger partial charge >= 0.3 is 0 Å². The highest BCUT2D eigenvalue weighted by Gasteiger charge is 2.09. The van der Waals surface area contributed by atoms with E-state index in [4.69, 9.17) is 5.26 Å². The van der Waals surface area contributed by atoms with Crippen molar-refractivity contribution in [2.24, 2.45) is 0 Å². The second-order valence-corrected chi connectivity index (χ2v) is 4.08. The summed E-state index contributed by atoms with van der Waals surface area (Å²) < 4.78 is 0. The summed E-state index contributed by atoms with van der Waals surface area (Å²) in [4.78, 5) is 15.0. The Hall–Kier alpha value is -1.08. The van der Waals surface area contributed by atoms with E-state index in [0.717, 1.165) is 13.0 Å². The molecule has 4 heteroatoms. The number of nitrogens with zero attached hydrogens (tertiary/aromatic N) is 3. The minimum absolute atomic E-state index is 0.163. The largest absolute Gasteiger partial charge is 0.349 e. The van der Waals surface area contributed by atoms with Crippen molar-refractivity contribution >= 4 is 5.91 Å². The first-order chi connectivity index (χ1) is 6.99. The van der Waals surface area contributed by atoms with Crippen molar-refractivity contribution in [3.8, 4) is 6.07 Å². The quantitative estimate of drug-likeness (QED) is 0.660. The summed E-state index contributed by atoms with van der Waals surface area (Å²) in [5.41, 5.74) is 0. The predicted octanol–water partition coefficient (Wildman–Crippen LogP) is 1.09. The van der Waals surface area contributed by atoms with Crippen LogP contribution in [0.4, 0.5) is 0 Å². The van der Waals surface area contributed by atoms with Crippen LogP contribution in [-0.4, -0.2) is 49.4 Å². The zero-order valence-corrected chi connectivity index (χ0v) is 10.2. The van der Waals surface area contributed by atoms with Gasteiger partial charge in [0.1, 0.15) is 0 Å². The van der Waals surface area contributed by atoms with Crippen LogP contribution in [-0.2, 0) is 4.79 Å². The highest BCUT2D eigenvalue weighted by molar-refractivity contribution is 5.75. The second-order valence-electron chi connectivity index (χ2n) is 4.08. The average Bonchev–Trinajstić information content (AvgIpc) is 2.17. The molecule has 0 spiro atoms. The molecule has 86 valence electrons. The third-order valence-corrected chi connectivity index (χ3v) is 2.54. The number of hydrogen-bond acceptors (Lipinski definition) is 3. The van der Waals surface area contributed by atoms with E-state index in [1.165, 1.54) is 0 Å². The first-order valence-corrected chi connectivity index (χ1v) is 5.26.